The molecule has 0 aliphatic heterocycles. The van der Waals surface area contributed by atoms with E-state index >= 15 is 0 Å². The Labute approximate surface area is 252 Å². The summed E-state index contributed by atoms with van der Waals surface area (Å²) in [4.78, 5) is 23.2. The van der Waals surface area contributed by atoms with Gasteiger partial charge in [-0.3, -0.25) is 0 Å². The summed E-state index contributed by atoms with van der Waals surface area (Å²) in [7, 11) is 0. The van der Waals surface area contributed by atoms with Gasteiger partial charge < -0.3 is 18.9 Å². The molecule has 0 amide bonds. The molecule has 18 heteroatoms. The van der Waals surface area contributed by atoms with E-state index in [1.165, 1.54) is 13.8 Å². The Morgan fingerprint density at radius 3 is 1.09 bits per heavy atom. The van der Waals surface area contributed by atoms with E-state index in [9.17, 15) is 62.3 Å². The number of hydrogen-bond acceptors (Lipinski definition) is 6. The average molecular weight is 682 g/mol. The van der Waals surface area contributed by atoms with Crippen molar-refractivity contribution in [3.05, 3.63) is 70.8 Å². The molecule has 6 nitrogen and oxygen atoms in total. The first-order chi connectivity index (χ1) is 20.9. The van der Waals surface area contributed by atoms with Gasteiger partial charge in [-0.15, -0.1) is 0 Å². The smallest absolute Gasteiger partial charge is 0.417 e. The second kappa shape index (κ2) is 13.9. The molecule has 0 aliphatic carbocycles. The van der Waals surface area contributed by atoms with Crippen molar-refractivity contribution in [2.24, 2.45) is 0 Å². The van der Waals surface area contributed by atoms with Crippen LogP contribution in [0.25, 0.3) is 11.1 Å². The maximum Gasteiger partial charge on any atom is 0.417 e. The molecule has 0 N–H and O–H groups in total. The number of benzene rings is 2. The summed E-state index contributed by atoms with van der Waals surface area (Å²) in [5, 5.41) is 0. The number of hydrogen-bond donors (Lipinski definition) is 0. The predicted molar refractivity (Wildman–Crippen MR) is 134 cm³/mol. The standard InChI is InChI=1S/C28H22F12O6/c1-13(2)23(41)45-7-5-43-19-11-15(25(29,30)31)9-17(27(35,36)37)21(19)22-18(28(38,39)40)10-16(26(32,33)34)12-20(22)44-6-8-46-24(42)14(3)4/h9-12H,1,3,5-8H2,2,4H3. The summed E-state index contributed by atoms with van der Waals surface area (Å²) in [6.07, 6.45) is -22.8. The van der Waals surface area contributed by atoms with Gasteiger partial charge in [-0.2, -0.15) is 52.7 Å². The summed E-state index contributed by atoms with van der Waals surface area (Å²) in [6.45, 7) is 5.11. The molecule has 0 atom stereocenters. The van der Waals surface area contributed by atoms with Gasteiger partial charge in [0.25, 0.3) is 0 Å². The van der Waals surface area contributed by atoms with Crippen LogP contribution in [-0.2, 0) is 43.8 Å². The SMILES string of the molecule is C=C(C)C(=O)OCCOc1cc(C(F)(F)F)cc(C(F)(F)F)c1-c1c(OCCOC(=O)C(=C)C)cc(C(F)(F)F)cc1C(F)(F)F. The highest BCUT2D eigenvalue weighted by molar-refractivity contribution is 5.87. The molecule has 0 bridgehead atoms. The lowest BCUT2D eigenvalue weighted by atomic mass is 9.90. The van der Waals surface area contributed by atoms with E-state index in [0.29, 0.717) is 0 Å². The first kappa shape index (κ1) is 37.8. The average Bonchev–Trinajstić information content (AvgIpc) is 2.90. The van der Waals surface area contributed by atoms with E-state index in [2.05, 4.69) is 22.6 Å². The Kier molecular flexibility index (Phi) is 11.5. The summed E-state index contributed by atoms with van der Waals surface area (Å²) < 4.78 is 187. The van der Waals surface area contributed by atoms with Crippen LogP contribution >= 0.6 is 0 Å². The summed E-state index contributed by atoms with van der Waals surface area (Å²) >= 11 is 0. The van der Waals surface area contributed by atoms with Crippen molar-refractivity contribution >= 4 is 11.9 Å². The molecule has 0 radical (unpaired) electrons. The molecule has 0 spiro atoms. The van der Waals surface area contributed by atoms with Gasteiger partial charge in [0.2, 0.25) is 0 Å². The lowest BCUT2D eigenvalue weighted by Gasteiger charge is -2.25. The van der Waals surface area contributed by atoms with Crippen LogP contribution in [0.15, 0.2) is 48.6 Å². The highest BCUT2D eigenvalue weighted by Gasteiger charge is 2.46. The Morgan fingerprint density at radius 2 is 0.848 bits per heavy atom. The van der Waals surface area contributed by atoms with Crippen LogP contribution in [0.1, 0.15) is 36.1 Å². The minimum atomic E-state index is -5.86. The van der Waals surface area contributed by atoms with Gasteiger partial charge in [-0.25, -0.2) is 9.59 Å². The summed E-state index contributed by atoms with van der Waals surface area (Å²) in [5.74, 6) is -5.18. The normalized spacial score (nSPS) is 12.4. The predicted octanol–water partition coefficient (Wildman–Crippen LogP) is 8.43. The van der Waals surface area contributed by atoms with Crippen molar-refractivity contribution in [1.82, 2.24) is 0 Å². The Bertz CT molecular complexity index is 1370. The minimum Gasteiger partial charge on any atom is -0.489 e. The van der Waals surface area contributed by atoms with Crippen LogP contribution in [0.2, 0.25) is 0 Å². The molecule has 2 aromatic rings. The van der Waals surface area contributed by atoms with Crippen molar-refractivity contribution in [3.8, 4) is 22.6 Å². The summed E-state index contributed by atoms with van der Waals surface area (Å²) in [6, 6.07) is -1.33. The van der Waals surface area contributed by atoms with Crippen LogP contribution in [-0.4, -0.2) is 38.4 Å². The van der Waals surface area contributed by atoms with Crippen LogP contribution in [0, 0.1) is 0 Å². The molecule has 0 aromatic heterocycles. The van der Waals surface area contributed by atoms with Crippen LogP contribution in [0.5, 0.6) is 11.5 Å². The van der Waals surface area contributed by atoms with Gasteiger partial charge in [-0.1, -0.05) is 13.2 Å². The fourth-order valence-corrected chi connectivity index (χ4v) is 3.57. The lowest BCUT2D eigenvalue weighted by molar-refractivity contribution is -0.145. The van der Waals surface area contributed by atoms with Gasteiger partial charge in [0.1, 0.15) is 37.9 Å². The first-order valence-corrected chi connectivity index (χ1v) is 12.4. The molecule has 0 fully saturated rings. The number of carbonyl (C=O) groups is 2. The van der Waals surface area contributed by atoms with E-state index in [1.807, 2.05) is 0 Å². The molecule has 2 rings (SSSR count). The molecular weight excluding hydrogens is 660 g/mol. The van der Waals surface area contributed by atoms with E-state index in [-0.39, 0.29) is 23.3 Å². The molecule has 46 heavy (non-hydrogen) atoms. The van der Waals surface area contributed by atoms with Crippen LogP contribution < -0.4 is 9.47 Å². The second-order valence-electron chi connectivity index (χ2n) is 9.31. The van der Waals surface area contributed by atoms with E-state index in [1.54, 1.807) is 0 Å². The highest BCUT2D eigenvalue weighted by Crippen LogP contribution is 2.53. The number of ether oxygens (including phenoxy) is 4. The third-order valence-corrected chi connectivity index (χ3v) is 5.56. The number of rotatable bonds is 11. The van der Waals surface area contributed by atoms with Crippen molar-refractivity contribution in [2.45, 2.75) is 38.6 Å². The molecule has 2 aromatic carbocycles. The van der Waals surface area contributed by atoms with Gasteiger partial charge >= 0.3 is 36.6 Å². The van der Waals surface area contributed by atoms with Crippen LogP contribution in [0.3, 0.4) is 0 Å². The molecule has 0 heterocycles. The van der Waals surface area contributed by atoms with E-state index < -0.39 is 120 Å². The van der Waals surface area contributed by atoms with Crippen molar-refractivity contribution in [1.29, 1.82) is 0 Å². The van der Waals surface area contributed by atoms with E-state index in [4.69, 9.17) is 9.47 Å². The third kappa shape index (κ3) is 9.81. The Balaban J connectivity index is 2.97. The molecule has 0 aliphatic rings. The second-order valence-corrected chi connectivity index (χ2v) is 9.31. The largest absolute Gasteiger partial charge is 0.489 e. The van der Waals surface area contributed by atoms with Crippen molar-refractivity contribution in [2.75, 3.05) is 26.4 Å². The number of carbonyl (C=O) groups excluding carboxylic acids is 2. The topological polar surface area (TPSA) is 71.1 Å². The fraction of sp³-hybridized carbons (Fsp3) is 0.357. The van der Waals surface area contributed by atoms with Crippen molar-refractivity contribution < 1.29 is 81.2 Å². The maximum absolute atomic E-state index is 14.3. The zero-order valence-electron chi connectivity index (χ0n) is 23.5. The van der Waals surface area contributed by atoms with Crippen molar-refractivity contribution in [3.63, 3.8) is 0 Å². The molecule has 0 saturated heterocycles. The van der Waals surface area contributed by atoms with Gasteiger partial charge in [-0.05, 0) is 38.1 Å². The zero-order chi connectivity index (χ0) is 35.4. The zero-order valence-corrected chi connectivity index (χ0v) is 23.5. The van der Waals surface area contributed by atoms with Gasteiger partial charge in [0, 0.05) is 22.3 Å². The Hall–Kier alpha value is -4.38. The molecule has 0 unspecified atom stereocenters. The highest BCUT2D eigenvalue weighted by atomic mass is 19.4. The van der Waals surface area contributed by atoms with Gasteiger partial charge in [0.05, 0.1) is 22.3 Å². The fourth-order valence-electron chi connectivity index (χ4n) is 3.57. The Morgan fingerprint density at radius 1 is 0.543 bits per heavy atom. The van der Waals surface area contributed by atoms with Crippen LogP contribution in [0.4, 0.5) is 52.7 Å². The number of alkyl halides is 12. The lowest BCUT2D eigenvalue weighted by Crippen LogP contribution is -2.19. The molecular formula is C28H22F12O6. The monoisotopic (exact) mass is 682 g/mol. The number of halogens is 12. The van der Waals surface area contributed by atoms with E-state index in [0.717, 1.165) is 0 Å². The first-order valence-electron chi connectivity index (χ1n) is 12.4. The maximum atomic E-state index is 14.3. The molecule has 254 valence electrons. The quantitative estimate of drug-likeness (QED) is 0.103. The third-order valence-electron chi connectivity index (χ3n) is 5.56. The van der Waals surface area contributed by atoms with Gasteiger partial charge in [0.15, 0.2) is 0 Å². The minimum absolute atomic E-state index is 0.110. The summed E-state index contributed by atoms with van der Waals surface area (Å²) in [5.41, 5.74) is -12.8. The number of esters is 2. The molecule has 0 saturated carbocycles.